The summed E-state index contributed by atoms with van der Waals surface area (Å²) in [6, 6.07) is 11.9. The first-order chi connectivity index (χ1) is 17.5. The minimum Gasteiger partial charge on any atom is -0.377 e. The zero-order valence-corrected chi connectivity index (χ0v) is 22.4. The number of aromatic nitrogens is 4. The molecule has 1 saturated heterocycles. The first-order valence-corrected chi connectivity index (χ1v) is 15.3. The van der Waals surface area contributed by atoms with Crippen LogP contribution in [-0.4, -0.2) is 63.6 Å². The average molecular weight is 541 g/mol. The van der Waals surface area contributed by atoms with E-state index in [1.54, 1.807) is 42.5 Å². The molecule has 12 heteroatoms. The van der Waals surface area contributed by atoms with Crippen LogP contribution >= 0.6 is 0 Å². The fraction of sp³-hybridized carbons (Fsp3) is 0.320. The number of nitrogens with zero attached hydrogens (tertiary/aromatic N) is 5. The number of ether oxygens (including phenoxy) is 1. The molecule has 1 aromatic carbocycles. The molecule has 3 aromatic heterocycles. The molecule has 2 unspecified atom stereocenters. The number of nitrogens with one attached hydrogen (secondary N) is 1. The Hall–Kier alpha value is -3.35. The molecule has 0 radical (unpaired) electrons. The Morgan fingerprint density at radius 2 is 1.86 bits per heavy atom. The lowest BCUT2D eigenvalue weighted by Crippen LogP contribution is -2.44. The van der Waals surface area contributed by atoms with Crippen molar-refractivity contribution in [3.05, 3.63) is 66.1 Å². The molecule has 2 atom stereocenters. The van der Waals surface area contributed by atoms with E-state index in [4.69, 9.17) is 14.5 Å². The van der Waals surface area contributed by atoms with Gasteiger partial charge in [0.2, 0.25) is 0 Å². The number of hydrogen-bond donors (Lipinski definition) is 1. The topological polar surface area (TPSA) is 131 Å². The van der Waals surface area contributed by atoms with Crippen molar-refractivity contribution in [1.82, 2.24) is 18.9 Å². The molecule has 0 amide bonds. The van der Waals surface area contributed by atoms with Gasteiger partial charge in [-0.05, 0) is 38.1 Å². The quantitative estimate of drug-likeness (QED) is 0.394. The third kappa shape index (κ3) is 5.09. The fourth-order valence-corrected chi connectivity index (χ4v) is 6.42. The highest BCUT2D eigenvalue weighted by Crippen LogP contribution is 2.30. The fourth-order valence-electron chi connectivity index (χ4n) is 4.40. The van der Waals surface area contributed by atoms with Crippen molar-refractivity contribution >= 4 is 36.6 Å². The van der Waals surface area contributed by atoms with E-state index in [-0.39, 0.29) is 22.3 Å². The largest absolute Gasteiger partial charge is 0.377 e. The third-order valence-corrected chi connectivity index (χ3v) is 8.75. The Bertz CT molecular complexity index is 1680. The Kier molecular flexibility index (Phi) is 6.50. The van der Waals surface area contributed by atoms with E-state index in [0.29, 0.717) is 48.0 Å². The highest BCUT2D eigenvalue weighted by molar-refractivity contribution is 7.91. The van der Waals surface area contributed by atoms with Crippen LogP contribution in [-0.2, 0) is 30.2 Å². The lowest BCUT2D eigenvalue weighted by molar-refractivity contribution is 0.0985. The monoisotopic (exact) mass is 540 g/mol. The van der Waals surface area contributed by atoms with E-state index in [2.05, 4.69) is 14.9 Å². The van der Waals surface area contributed by atoms with Crippen LogP contribution in [0, 0.1) is 11.7 Å². The zero-order chi connectivity index (χ0) is 26.4. The smallest absolute Gasteiger partial charge is 0.269 e. The zero-order valence-electron chi connectivity index (χ0n) is 20.8. The molecule has 10 nitrogen and oxygen atoms in total. The summed E-state index contributed by atoms with van der Waals surface area (Å²) < 4.78 is 53.8. The second-order valence-electron chi connectivity index (χ2n) is 9.33. The number of aryl methyl sites for hydroxylation is 1. The number of anilines is 1. The molecule has 1 N–H and O–H groups in total. The van der Waals surface area contributed by atoms with Gasteiger partial charge in [-0.15, -0.1) is 0 Å². The lowest BCUT2D eigenvalue weighted by Gasteiger charge is -2.34. The predicted molar refractivity (Wildman–Crippen MR) is 143 cm³/mol. The molecule has 1 fully saturated rings. The summed E-state index contributed by atoms with van der Waals surface area (Å²) >= 11 is 0. The molecule has 37 heavy (non-hydrogen) atoms. The standard InChI is InChI=1S/C25H28N6O4S2/c1-17-4-6-20(7-5-17)37(33,34)31-11-9-22-21(8-10-27-25(22)31)24-28-19(16-36(3,26)32)14-23(29-24)30-12-13-35-15-18(30)2/h4-11,14,18,26H,12-13,15-16H2,1-3H3. The predicted octanol–water partition coefficient (Wildman–Crippen LogP) is 3.44. The maximum Gasteiger partial charge on any atom is 0.269 e. The van der Waals surface area contributed by atoms with Crippen LogP contribution < -0.4 is 4.90 Å². The van der Waals surface area contributed by atoms with Gasteiger partial charge in [-0.25, -0.2) is 31.6 Å². The second-order valence-corrected chi connectivity index (χ2v) is 13.4. The Labute approximate surface area is 216 Å². The number of pyridine rings is 1. The number of fused-ring (bicyclic) bond motifs is 1. The van der Waals surface area contributed by atoms with Crippen LogP contribution in [0.1, 0.15) is 18.2 Å². The van der Waals surface area contributed by atoms with Crippen LogP contribution in [0.2, 0.25) is 0 Å². The summed E-state index contributed by atoms with van der Waals surface area (Å²) in [6.07, 6.45) is 4.39. The normalized spacial score (nSPS) is 18.1. The van der Waals surface area contributed by atoms with Gasteiger partial charge in [0.15, 0.2) is 11.5 Å². The minimum atomic E-state index is -3.87. The first kappa shape index (κ1) is 25.3. The molecule has 4 heterocycles. The molecule has 4 aromatic rings. The summed E-state index contributed by atoms with van der Waals surface area (Å²) in [7, 11) is -6.73. The molecule has 5 rings (SSSR count). The van der Waals surface area contributed by atoms with Crippen LogP contribution in [0.4, 0.5) is 5.82 Å². The number of rotatable bonds is 6. The SMILES string of the molecule is Cc1ccc(S(=O)(=O)n2ccc3c(-c4nc(CS(C)(=N)=O)cc(N5CCOCC5C)n4)ccnc32)cc1. The minimum absolute atomic E-state index is 0.0225. The van der Waals surface area contributed by atoms with Crippen LogP contribution in [0.15, 0.2) is 59.8 Å². The van der Waals surface area contributed by atoms with Crippen molar-refractivity contribution < 1.29 is 17.4 Å². The highest BCUT2D eigenvalue weighted by atomic mass is 32.2. The van der Waals surface area contributed by atoms with E-state index in [1.165, 1.54) is 18.6 Å². The van der Waals surface area contributed by atoms with E-state index >= 15 is 0 Å². The molecule has 0 aliphatic carbocycles. The van der Waals surface area contributed by atoms with Crippen LogP contribution in [0.25, 0.3) is 22.4 Å². The van der Waals surface area contributed by atoms with Gasteiger partial charge in [0.1, 0.15) is 5.82 Å². The Balaban J connectivity index is 1.65. The molecule has 194 valence electrons. The Morgan fingerprint density at radius 3 is 2.57 bits per heavy atom. The molecule has 0 spiro atoms. The molecular formula is C25H28N6O4S2. The summed E-state index contributed by atoms with van der Waals surface area (Å²) in [4.78, 5) is 16.1. The lowest BCUT2D eigenvalue weighted by atomic mass is 10.1. The number of morpholine rings is 1. The van der Waals surface area contributed by atoms with Gasteiger partial charge < -0.3 is 9.64 Å². The summed E-state index contributed by atoms with van der Waals surface area (Å²) in [5.41, 5.74) is 2.30. The van der Waals surface area contributed by atoms with E-state index in [1.807, 2.05) is 13.8 Å². The van der Waals surface area contributed by atoms with Gasteiger partial charge in [-0.1, -0.05) is 17.7 Å². The van der Waals surface area contributed by atoms with Crippen molar-refractivity contribution in [2.45, 2.75) is 30.5 Å². The summed E-state index contributed by atoms with van der Waals surface area (Å²) in [5, 5.41) is 0.569. The molecule has 1 aliphatic heterocycles. The maximum atomic E-state index is 13.4. The number of benzene rings is 1. The molecule has 0 saturated carbocycles. The average Bonchev–Trinajstić information content (AvgIpc) is 3.28. The van der Waals surface area contributed by atoms with Crippen molar-refractivity contribution in [3.8, 4) is 11.4 Å². The molecular weight excluding hydrogens is 512 g/mol. The maximum absolute atomic E-state index is 13.4. The van der Waals surface area contributed by atoms with E-state index < -0.39 is 19.8 Å². The van der Waals surface area contributed by atoms with Crippen molar-refractivity contribution in [2.24, 2.45) is 0 Å². The van der Waals surface area contributed by atoms with Crippen molar-refractivity contribution in [2.75, 3.05) is 30.9 Å². The van der Waals surface area contributed by atoms with E-state index in [0.717, 1.165) is 9.54 Å². The third-order valence-electron chi connectivity index (χ3n) is 6.22. The van der Waals surface area contributed by atoms with Gasteiger partial charge in [0.05, 0.1) is 35.6 Å². The van der Waals surface area contributed by atoms with Gasteiger partial charge >= 0.3 is 0 Å². The van der Waals surface area contributed by atoms with Gasteiger partial charge in [0.25, 0.3) is 10.0 Å². The van der Waals surface area contributed by atoms with Crippen LogP contribution in [0.3, 0.4) is 0 Å². The summed E-state index contributed by atoms with van der Waals surface area (Å²) in [6.45, 7) is 5.68. The first-order valence-electron chi connectivity index (χ1n) is 11.8. The molecule has 0 bridgehead atoms. The Morgan fingerprint density at radius 1 is 1.11 bits per heavy atom. The van der Waals surface area contributed by atoms with Crippen LogP contribution in [0.5, 0.6) is 0 Å². The molecule has 1 aliphatic rings. The van der Waals surface area contributed by atoms with E-state index in [9.17, 15) is 12.6 Å². The van der Waals surface area contributed by atoms with Gasteiger partial charge in [-0.3, -0.25) is 4.78 Å². The van der Waals surface area contributed by atoms with Crippen molar-refractivity contribution in [3.63, 3.8) is 0 Å². The number of hydrogen-bond acceptors (Lipinski definition) is 9. The van der Waals surface area contributed by atoms with Gasteiger partial charge in [-0.2, -0.15) is 0 Å². The summed E-state index contributed by atoms with van der Waals surface area (Å²) in [5.74, 6) is 0.981. The van der Waals surface area contributed by atoms with Gasteiger partial charge in [0, 0.05) is 51.9 Å². The highest BCUT2D eigenvalue weighted by Gasteiger charge is 2.24. The second kappa shape index (κ2) is 9.51. The van der Waals surface area contributed by atoms with Crippen molar-refractivity contribution in [1.29, 1.82) is 4.78 Å².